The predicted octanol–water partition coefficient (Wildman–Crippen LogP) is 4.47. The normalized spacial score (nSPS) is 10.7. The van der Waals surface area contributed by atoms with Crippen LogP contribution < -0.4 is 10.1 Å². The molecule has 0 unspecified atom stereocenters. The Hall–Kier alpha value is -3.87. The number of hydrogen-bond acceptors (Lipinski definition) is 5. The van der Waals surface area contributed by atoms with Gasteiger partial charge < -0.3 is 13.8 Å². The molecule has 0 saturated carbocycles. The summed E-state index contributed by atoms with van der Waals surface area (Å²) in [5, 5.41) is 6.77. The van der Waals surface area contributed by atoms with Crippen molar-refractivity contribution in [2.24, 2.45) is 7.05 Å². The maximum absolute atomic E-state index is 12.5. The molecule has 7 nitrogen and oxygen atoms in total. The van der Waals surface area contributed by atoms with Gasteiger partial charge in [0.25, 0.3) is 5.91 Å². The van der Waals surface area contributed by atoms with Crippen LogP contribution in [0.5, 0.6) is 5.75 Å². The largest absolute Gasteiger partial charge is 0.486 e. The summed E-state index contributed by atoms with van der Waals surface area (Å²) < 4.78 is 12.9. The number of anilines is 1. The van der Waals surface area contributed by atoms with Gasteiger partial charge in [-0.15, -0.1) is 0 Å². The molecule has 7 heteroatoms. The van der Waals surface area contributed by atoms with Gasteiger partial charge in [-0.3, -0.25) is 10.1 Å². The van der Waals surface area contributed by atoms with Crippen LogP contribution in [0, 0.1) is 0 Å². The Morgan fingerprint density at radius 3 is 2.57 bits per heavy atom. The van der Waals surface area contributed by atoms with Gasteiger partial charge in [0, 0.05) is 36.6 Å². The third-order valence-corrected chi connectivity index (χ3v) is 4.81. The Bertz CT molecular complexity index is 1130. The van der Waals surface area contributed by atoms with Gasteiger partial charge in [-0.2, -0.15) is 0 Å². The molecule has 0 radical (unpaired) electrons. The summed E-state index contributed by atoms with van der Waals surface area (Å²) >= 11 is 0. The second-order valence-corrected chi connectivity index (χ2v) is 6.85. The van der Waals surface area contributed by atoms with Crippen molar-refractivity contribution in [1.29, 1.82) is 0 Å². The first-order chi connectivity index (χ1) is 14.6. The van der Waals surface area contributed by atoms with Crippen LogP contribution in [0.2, 0.25) is 0 Å². The van der Waals surface area contributed by atoms with E-state index >= 15 is 0 Å². The van der Waals surface area contributed by atoms with Crippen LogP contribution in [0.25, 0.3) is 11.3 Å². The highest BCUT2D eigenvalue weighted by atomic mass is 16.5. The smallest absolute Gasteiger partial charge is 0.258 e. The van der Waals surface area contributed by atoms with Gasteiger partial charge >= 0.3 is 0 Å². The standard InChI is InChI=1S/C23H22N4O3/c1-3-16-4-6-17(7-5-16)20-14-22(30-26-20)25-23(28)18-8-10-19(11-9-18)29-15-21-24-12-13-27(21)2/h4-14H,3,15H2,1-2H3,(H,25,28). The average Bonchev–Trinajstić information content (AvgIpc) is 3.41. The van der Waals surface area contributed by atoms with Gasteiger partial charge in [0.05, 0.1) is 0 Å². The van der Waals surface area contributed by atoms with Crippen molar-refractivity contribution < 1.29 is 14.1 Å². The number of benzene rings is 2. The van der Waals surface area contributed by atoms with E-state index in [1.165, 1.54) is 5.56 Å². The number of ether oxygens (including phenoxy) is 1. The van der Waals surface area contributed by atoms with Crippen molar-refractivity contribution in [2.45, 2.75) is 20.0 Å². The molecule has 152 valence electrons. The van der Waals surface area contributed by atoms with Crippen LogP contribution in [0.15, 0.2) is 71.5 Å². The van der Waals surface area contributed by atoms with Gasteiger partial charge in [-0.05, 0) is 36.2 Å². The fraction of sp³-hybridized carbons (Fsp3) is 0.174. The molecule has 2 aromatic carbocycles. The molecule has 1 N–H and O–H groups in total. The van der Waals surface area contributed by atoms with E-state index in [-0.39, 0.29) is 5.91 Å². The van der Waals surface area contributed by atoms with Gasteiger partial charge in [0.15, 0.2) is 0 Å². The molecule has 2 heterocycles. The van der Waals surface area contributed by atoms with E-state index in [0.29, 0.717) is 29.5 Å². The SMILES string of the molecule is CCc1ccc(-c2cc(NC(=O)c3ccc(OCc4nccn4C)cc3)on2)cc1. The van der Waals surface area contributed by atoms with Crippen LogP contribution in [0.1, 0.15) is 28.7 Å². The number of hydrogen-bond donors (Lipinski definition) is 1. The molecule has 2 aromatic heterocycles. The molecule has 0 fully saturated rings. The molecule has 4 aromatic rings. The predicted molar refractivity (Wildman–Crippen MR) is 113 cm³/mol. The van der Waals surface area contributed by atoms with Crippen molar-refractivity contribution in [1.82, 2.24) is 14.7 Å². The number of nitrogens with one attached hydrogen (secondary N) is 1. The van der Waals surface area contributed by atoms with Crippen LogP contribution in [-0.4, -0.2) is 20.6 Å². The van der Waals surface area contributed by atoms with Crippen LogP contribution in [-0.2, 0) is 20.1 Å². The van der Waals surface area contributed by atoms with E-state index in [1.807, 2.05) is 29.9 Å². The zero-order valence-corrected chi connectivity index (χ0v) is 16.8. The topological polar surface area (TPSA) is 82.2 Å². The molecule has 0 spiro atoms. The van der Waals surface area contributed by atoms with E-state index < -0.39 is 0 Å². The lowest BCUT2D eigenvalue weighted by molar-refractivity contribution is 0.102. The second-order valence-electron chi connectivity index (χ2n) is 6.85. The summed E-state index contributed by atoms with van der Waals surface area (Å²) in [6.45, 7) is 2.47. The quantitative estimate of drug-likeness (QED) is 0.493. The van der Waals surface area contributed by atoms with Gasteiger partial charge in [0.2, 0.25) is 5.88 Å². The lowest BCUT2D eigenvalue weighted by Crippen LogP contribution is -2.11. The number of carbonyl (C=O) groups is 1. The lowest BCUT2D eigenvalue weighted by atomic mass is 10.1. The fourth-order valence-electron chi connectivity index (χ4n) is 2.95. The Morgan fingerprint density at radius 2 is 1.90 bits per heavy atom. The summed E-state index contributed by atoms with van der Waals surface area (Å²) in [7, 11) is 1.91. The Labute approximate surface area is 174 Å². The van der Waals surface area contributed by atoms with E-state index in [1.54, 1.807) is 36.5 Å². The Kier molecular flexibility index (Phi) is 5.61. The first-order valence-corrected chi connectivity index (χ1v) is 9.69. The molecular formula is C23H22N4O3. The number of amides is 1. The van der Waals surface area contributed by atoms with Gasteiger partial charge in [-0.1, -0.05) is 36.3 Å². The van der Waals surface area contributed by atoms with Gasteiger partial charge in [-0.25, -0.2) is 4.98 Å². The van der Waals surface area contributed by atoms with Crippen LogP contribution >= 0.6 is 0 Å². The van der Waals surface area contributed by atoms with Crippen molar-refractivity contribution in [3.8, 4) is 17.0 Å². The number of nitrogens with zero attached hydrogens (tertiary/aromatic N) is 3. The number of imidazole rings is 1. The van der Waals surface area contributed by atoms with Crippen molar-refractivity contribution >= 4 is 11.8 Å². The number of aromatic nitrogens is 3. The first kappa shape index (κ1) is 19.4. The summed E-state index contributed by atoms with van der Waals surface area (Å²) in [4.78, 5) is 16.7. The highest BCUT2D eigenvalue weighted by Gasteiger charge is 2.12. The minimum absolute atomic E-state index is 0.283. The number of aryl methyl sites for hydroxylation is 2. The lowest BCUT2D eigenvalue weighted by Gasteiger charge is -2.07. The zero-order valence-electron chi connectivity index (χ0n) is 16.8. The van der Waals surface area contributed by atoms with Crippen molar-refractivity contribution in [2.75, 3.05) is 5.32 Å². The number of carbonyl (C=O) groups excluding carboxylic acids is 1. The van der Waals surface area contributed by atoms with Crippen LogP contribution in [0.3, 0.4) is 0 Å². The van der Waals surface area contributed by atoms with E-state index in [2.05, 4.69) is 34.5 Å². The summed E-state index contributed by atoms with van der Waals surface area (Å²) in [5.41, 5.74) is 3.35. The molecule has 0 bridgehead atoms. The van der Waals surface area contributed by atoms with Crippen molar-refractivity contribution in [3.63, 3.8) is 0 Å². The first-order valence-electron chi connectivity index (χ1n) is 9.69. The summed E-state index contributed by atoms with van der Waals surface area (Å²) in [5.74, 6) is 1.49. The van der Waals surface area contributed by atoms with Crippen LogP contribution in [0.4, 0.5) is 5.88 Å². The molecule has 0 atom stereocenters. The molecule has 0 saturated heterocycles. The van der Waals surface area contributed by atoms with E-state index in [9.17, 15) is 4.79 Å². The van der Waals surface area contributed by atoms with E-state index in [0.717, 1.165) is 17.8 Å². The Balaban J connectivity index is 1.36. The van der Waals surface area contributed by atoms with E-state index in [4.69, 9.17) is 9.26 Å². The average molecular weight is 402 g/mol. The minimum Gasteiger partial charge on any atom is -0.486 e. The molecule has 4 rings (SSSR count). The maximum Gasteiger partial charge on any atom is 0.258 e. The van der Waals surface area contributed by atoms with Gasteiger partial charge in [0.1, 0.15) is 23.9 Å². The summed E-state index contributed by atoms with van der Waals surface area (Å²) in [6.07, 6.45) is 4.57. The molecule has 0 aliphatic carbocycles. The zero-order chi connectivity index (χ0) is 20.9. The highest BCUT2D eigenvalue weighted by molar-refractivity contribution is 6.03. The van der Waals surface area contributed by atoms with Crippen molar-refractivity contribution in [3.05, 3.63) is 83.9 Å². The maximum atomic E-state index is 12.5. The molecule has 0 aliphatic rings. The molecular weight excluding hydrogens is 380 g/mol. The molecule has 1 amide bonds. The minimum atomic E-state index is -0.283. The Morgan fingerprint density at radius 1 is 1.13 bits per heavy atom. The number of rotatable bonds is 7. The highest BCUT2D eigenvalue weighted by Crippen LogP contribution is 2.23. The monoisotopic (exact) mass is 402 g/mol. The molecule has 0 aliphatic heterocycles. The third-order valence-electron chi connectivity index (χ3n) is 4.81. The molecule has 30 heavy (non-hydrogen) atoms. The third kappa shape index (κ3) is 4.41. The second kappa shape index (κ2) is 8.65. The fourth-order valence-corrected chi connectivity index (χ4v) is 2.95. The summed E-state index contributed by atoms with van der Waals surface area (Å²) in [6, 6.07) is 16.7.